The van der Waals surface area contributed by atoms with Gasteiger partial charge in [0.2, 0.25) is 0 Å². The second-order valence-electron chi connectivity index (χ2n) is 4.81. The standard InChI is InChI=1S/C15H20O3/c1-2-18-15(17)14(16)13-9-5-8-12(10-13)11-6-3-4-7-11/h5,8-11,14,16H,2-4,6-7H2,1H3. The molecular formula is C15H20O3. The van der Waals surface area contributed by atoms with Crippen molar-refractivity contribution < 1.29 is 14.6 Å². The molecule has 1 unspecified atom stereocenters. The maximum absolute atomic E-state index is 11.5. The smallest absolute Gasteiger partial charge is 0.339 e. The van der Waals surface area contributed by atoms with E-state index >= 15 is 0 Å². The maximum atomic E-state index is 11.5. The maximum Gasteiger partial charge on any atom is 0.339 e. The fourth-order valence-corrected chi connectivity index (χ4v) is 2.60. The van der Waals surface area contributed by atoms with E-state index < -0.39 is 12.1 Å². The van der Waals surface area contributed by atoms with Gasteiger partial charge in [0, 0.05) is 0 Å². The second kappa shape index (κ2) is 6.01. The van der Waals surface area contributed by atoms with Crippen LogP contribution in [0.15, 0.2) is 24.3 Å². The molecule has 0 spiro atoms. The molecule has 1 aliphatic rings. The number of hydrogen-bond acceptors (Lipinski definition) is 3. The molecule has 18 heavy (non-hydrogen) atoms. The van der Waals surface area contributed by atoms with Gasteiger partial charge in [-0.25, -0.2) is 4.79 Å². The van der Waals surface area contributed by atoms with Crippen LogP contribution in [0.2, 0.25) is 0 Å². The van der Waals surface area contributed by atoms with E-state index in [0.717, 1.165) is 0 Å². The number of benzene rings is 1. The normalized spacial score (nSPS) is 17.7. The van der Waals surface area contributed by atoms with E-state index in [0.29, 0.717) is 11.5 Å². The third-order valence-electron chi connectivity index (χ3n) is 3.56. The molecule has 0 aromatic heterocycles. The van der Waals surface area contributed by atoms with Crippen molar-refractivity contribution in [1.82, 2.24) is 0 Å². The van der Waals surface area contributed by atoms with Crippen molar-refractivity contribution >= 4 is 5.97 Å². The van der Waals surface area contributed by atoms with Crippen LogP contribution >= 0.6 is 0 Å². The minimum absolute atomic E-state index is 0.290. The summed E-state index contributed by atoms with van der Waals surface area (Å²) in [4.78, 5) is 11.5. The van der Waals surface area contributed by atoms with E-state index in [-0.39, 0.29) is 6.61 Å². The van der Waals surface area contributed by atoms with E-state index in [1.54, 1.807) is 13.0 Å². The van der Waals surface area contributed by atoms with Crippen molar-refractivity contribution in [1.29, 1.82) is 0 Å². The Bertz CT molecular complexity index is 408. The Balaban J connectivity index is 2.13. The molecule has 1 aromatic rings. The highest BCUT2D eigenvalue weighted by atomic mass is 16.5. The first-order valence-corrected chi connectivity index (χ1v) is 6.67. The summed E-state index contributed by atoms with van der Waals surface area (Å²) < 4.78 is 4.83. The van der Waals surface area contributed by atoms with Gasteiger partial charge >= 0.3 is 5.97 Å². The van der Waals surface area contributed by atoms with Crippen molar-refractivity contribution in [2.24, 2.45) is 0 Å². The minimum Gasteiger partial charge on any atom is -0.464 e. The Hall–Kier alpha value is -1.35. The zero-order valence-corrected chi connectivity index (χ0v) is 10.8. The lowest BCUT2D eigenvalue weighted by Crippen LogP contribution is -2.15. The van der Waals surface area contributed by atoms with E-state index in [1.165, 1.54) is 31.2 Å². The minimum atomic E-state index is -1.16. The molecule has 1 fully saturated rings. The average Bonchev–Trinajstić information content (AvgIpc) is 2.92. The molecule has 1 saturated carbocycles. The number of hydrogen-bond donors (Lipinski definition) is 1. The Morgan fingerprint density at radius 2 is 2.17 bits per heavy atom. The monoisotopic (exact) mass is 248 g/mol. The molecule has 0 radical (unpaired) electrons. The van der Waals surface area contributed by atoms with Crippen LogP contribution in [-0.4, -0.2) is 17.7 Å². The number of esters is 1. The van der Waals surface area contributed by atoms with E-state index in [2.05, 4.69) is 6.07 Å². The molecule has 0 saturated heterocycles. The van der Waals surface area contributed by atoms with Gasteiger partial charge in [-0.15, -0.1) is 0 Å². The lowest BCUT2D eigenvalue weighted by molar-refractivity contribution is -0.153. The fourth-order valence-electron chi connectivity index (χ4n) is 2.60. The Morgan fingerprint density at radius 1 is 1.44 bits per heavy atom. The van der Waals surface area contributed by atoms with Gasteiger partial charge in [-0.3, -0.25) is 0 Å². The van der Waals surface area contributed by atoms with E-state index in [1.807, 2.05) is 12.1 Å². The Labute approximate surface area is 108 Å². The second-order valence-corrected chi connectivity index (χ2v) is 4.81. The van der Waals surface area contributed by atoms with Crippen LogP contribution in [0.4, 0.5) is 0 Å². The lowest BCUT2D eigenvalue weighted by atomic mass is 9.95. The van der Waals surface area contributed by atoms with Gasteiger partial charge in [-0.1, -0.05) is 37.1 Å². The molecule has 0 heterocycles. The van der Waals surface area contributed by atoms with Gasteiger partial charge in [0.15, 0.2) is 6.10 Å². The largest absolute Gasteiger partial charge is 0.464 e. The van der Waals surface area contributed by atoms with Crippen LogP contribution in [0.5, 0.6) is 0 Å². The summed E-state index contributed by atoms with van der Waals surface area (Å²) in [7, 11) is 0. The van der Waals surface area contributed by atoms with Gasteiger partial charge in [-0.2, -0.15) is 0 Å². The number of aliphatic hydroxyl groups excluding tert-OH is 1. The molecule has 1 aliphatic carbocycles. The molecular weight excluding hydrogens is 228 g/mol. The summed E-state index contributed by atoms with van der Waals surface area (Å²) in [5, 5.41) is 9.91. The Kier molecular flexibility index (Phi) is 4.37. The van der Waals surface area contributed by atoms with Gasteiger partial charge in [0.1, 0.15) is 0 Å². The summed E-state index contributed by atoms with van der Waals surface area (Å²) in [6.45, 7) is 2.03. The third kappa shape index (κ3) is 2.91. The summed E-state index contributed by atoms with van der Waals surface area (Å²) in [6, 6.07) is 7.71. The van der Waals surface area contributed by atoms with Crippen LogP contribution in [0.25, 0.3) is 0 Å². The molecule has 0 bridgehead atoms. The van der Waals surface area contributed by atoms with E-state index in [9.17, 15) is 9.90 Å². The van der Waals surface area contributed by atoms with Crippen LogP contribution in [0.3, 0.4) is 0 Å². The van der Waals surface area contributed by atoms with Crippen molar-refractivity contribution in [3.8, 4) is 0 Å². The van der Waals surface area contributed by atoms with Crippen molar-refractivity contribution in [2.75, 3.05) is 6.61 Å². The first-order valence-electron chi connectivity index (χ1n) is 6.67. The summed E-state index contributed by atoms with van der Waals surface area (Å²) in [6.07, 6.45) is 3.80. The summed E-state index contributed by atoms with van der Waals surface area (Å²) in [5.41, 5.74) is 1.87. The number of aliphatic hydroxyl groups is 1. The topological polar surface area (TPSA) is 46.5 Å². The zero-order valence-electron chi connectivity index (χ0n) is 10.8. The highest BCUT2D eigenvalue weighted by molar-refractivity contribution is 5.76. The van der Waals surface area contributed by atoms with Crippen LogP contribution in [0.1, 0.15) is 55.8 Å². The van der Waals surface area contributed by atoms with Crippen molar-refractivity contribution in [3.05, 3.63) is 35.4 Å². The Morgan fingerprint density at radius 3 is 2.83 bits per heavy atom. The SMILES string of the molecule is CCOC(=O)C(O)c1cccc(C2CCCC2)c1. The molecule has 1 aromatic carbocycles. The first-order chi connectivity index (χ1) is 8.72. The lowest BCUT2D eigenvalue weighted by Gasteiger charge is -2.14. The molecule has 2 rings (SSSR count). The highest BCUT2D eigenvalue weighted by Crippen LogP contribution is 2.34. The van der Waals surface area contributed by atoms with Gasteiger partial charge in [-0.05, 0) is 36.8 Å². The molecule has 0 aliphatic heterocycles. The number of carbonyl (C=O) groups excluding carboxylic acids is 1. The number of carbonyl (C=O) groups is 1. The molecule has 98 valence electrons. The van der Waals surface area contributed by atoms with Gasteiger partial charge in [0.05, 0.1) is 6.61 Å². The molecule has 3 heteroatoms. The van der Waals surface area contributed by atoms with E-state index in [4.69, 9.17) is 4.74 Å². The summed E-state index contributed by atoms with van der Waals surface area (Å²) in [5.74, 6) is 0.0143. The zero-order chi connectivity index (χ0) is 13.0. The third-order valence-corrected chi connectivity index (χ3v) is 3.56. The fraction of sp³-hybridized carbons (Fsp3) is 0.533. The van der Waals surface area contributed by atoms with Crippen LogP contribution in [0, 0.1) is 0 Å². The quantitative estimate of drug-likeness (QED) is 0.833. The molecule has 1 atom stereocenters. The van der Waals surface area contributed by atoms with Gasteiger partial charge in [0.25, 0.3) is 0 Å². The van der Waals surface area contributed by atoms with Gasteiger partial charge < -0.3 is 9.84 Å². The predicted molar refractivity (Wildman–Crippen MR) is 69.2 cm³/mol. The van der Waals surface area contributed by atoms with Crippen molar-refractivity contribution in [3.63, 3.8) is 0 Å². The first kappa shape index (κ1) is 13.1. The van der Waals surface area contributed by atoms with Crippen molar-refractivity contribution in [2.45, 2.75) is 44.6 Å². The molecule has 0 amide bonds. The predicted octanol–water partition coefficient (Wildman–Crippen LogP) is 2.94. The van der Waals surface area contributed by atoms with Crippen LogP contribution < -0.4 is 0 Å². The number of ether oxygens (including phenoxy) is 1. The summed E-state index contributed by atoms with van der Waals surface area (Å²) >= 11 is 0. The highest BCUT2D eigenvalue weighted by Gasteiger charge is 2.21. The number of rotatable bonds is 4. The molecule has 3 nitrogen and oxygen atoms in total. The molecule has 1 N–H and O–H groups in total. The van der Waals surface area contributed by atoms with Crippen LogP contribution in [-0.2, 0) is 9.53 Å². The average molecular weight is 248 g/mol.